The van der Waals surface area contributed by atoms with Crippen LogP contribution in [0.3, 0.4) is 0 Å². The van der Waals surface area contributed by atoms with E-state index in [4.69, 9.17) is 23.2 Å². The van der Waals surface area contributed by atoms with Crippen LogP contribution in [0, 0.1) is 0 Å². The Morgan fingerprint density at radius 1 is 1.04 bits per heavy atom. The van der Waals surface area contributed by atoms with Crippen LogP contribution >= 0.6 is 23.2 Å². The number of likely N-dealkylation sites (tertiary alicyclic amines) is 1. The molecule has 2 aliphatic rings. The topological polar surface area (TPSA) is 78.4 Å². The van der Waals surface area contributed by atoms with Gasteiger partial charge in [-0.15, -0.1) is 10.2 Å². The van der Waals surface area contributed by atoms with Crippen LogP contribution in [0.2, 0.25) is 10.0 Å². The molecule has 27 heavy (non-hydrogen) atoms. The summed E-state index contributed by atoms with van der Waals surface area (Å²) in [6.45, 7) is 1.01. The molecule has 1 saturated carbocycles. The fraction of sp³-hybridized carbons (Fsp3) is 0.526. The maximum absolute atomic E-state index is 13.0. The number of aliphatic hydroxyl groups is 1. The van der Waals surface area contributed by atoms with Gasteiger partial charge in [0.2, 0.25) is 0 Å². The number of nitrogens with zero attached hydrogens (tertiary/aromatic N) is 3. The van der Waals surface area contributed by atoms with Crippen molar-refractivity contribution in [2.45, 2.75) is 50.7 Å². The van der Waals surface area contributed by atoms with Crippen LogP contribution in [-0.2, 0) is 0 Å². The van der Waals surface area contributed by atoms with Crippen LogP contribution in [0.5, 0.6) is 0 Å². The molecule has 1 saturated heterocycles. The summed E-state index contributed by atoms with van der Waals surface area (Å²) in [7, 11) is 0. The number of hydrogen-bond acceptors (Lipinski definition) is 5. The predicted octanol–water partition coefficient (Wildman–Crippen LogP) is 3.89. The molecule has 2 heterocycles. The zero-order valence-electron chi connectivity index (χ0n) is 14.9. The summed E-state index contributed by atoms with van der Waals surface area (Å²) in [5, 5.41) is 23.9. The Morgan fingerprint density at radius 3 is 2.33 bits per heavy atom. The van der Waals surface area contributed by atoms with Gasteiger partial charge in [-0.3, -0.25) is 4.79 Å². The molecule has 1 aromatic carbocycles. The first-order valence-corrected chi connectivity index (χ1v) is 10.2. The van der Waals surface area contributed by atoms with E-state index in [1.807, 2.05) is 0 Å². The number of carbonyl (C=O) groups excluding carboxylic acids is 1. The second-order valence-electron chi connectivity index (χ2n) is 7.36. The van der Waals surface area contributed by atoms with Crippen molar-refractivity contribution in [2.24, 2.45) is 0 Å². The minimum Gasteiger partial charge on any atom is -0.393 e. The molecule has 0 unspecified atom stereocenters. The summed E-state index contributed by atoms with van der Waals surface area (Å²) in [5.41, 5.74) is 0.275. The molecule has 1 aliphatic heterocycles. The van der Waals surface area contributed by atoms with Gasteiger partial charge in [0.1, 0.15) is 0 Å². The third kappa shape index (κ3) is 3.84. The highest BCUT2D eigenvalue weighted by molar-refractivity contribution is 6.43. The molecule has 2 aromatic rings. The standard InChI is InChI=1S/C19H22Cl2N4O2/c20-15-9-13-14(10-16(15)21)18(22-11-3-1-2-4-11)24-23-17(13)19(27)25-7-5-12(26)6-8-25/h9-12,26H,1-8H2,(H,22,24). The first kappa shape index (κ1) is 18.7. The molecule has 1 aliphatic carbocycles. The summed E-state index contributed by atoms with van der Waals surface area (Å²) in [5.74, 6) is 0.450. The van der Waals surface area contributed by atoms with Gasteiger partial charge in [0, 0.05) is 29.9 Å². The molecule has 0 radical (unpaired) electrons. The molecule has 144 valence electrons. The second kappa shape index (κ2) is 7.78. The summed E-state index contributed by atoms with van der Waals surface area (Å²) in [6, 6.07) is 3.81. The lowest BCUT2D eigenvalue weighted by atomic mass is 10.1. The van der Waals surface area contributed by atoms with Gasteiger partial charge in [-0.1, -0.05) is 36.0 Å². The third-order valence-electron chi connectivity index (χ3n) is 5.47. The van der Waals surface area contributed by atoms with E-state index >= 15 is 0 Å². The largest absolute Gasteiger partial charge is 0.393 e. The van der Waals surface area contributed by atoms with Gasteiger partial charge in [0.25, 0.3) is 5.91 Å². The molecular weight excluding hydrogens is 387 g/mol. The third-order valence-corrected chi connectivity index (χ3v) is 6.19. The molecule has 2 fully saturated rings. The van der Waals surface area contributed by atoms with E-state index in [-0.39, 0.29) is 17.7 Å². The van der Waals surface area contributed by atoms with E-state index in [2.05, 4.69) is 15.5 Å². The van der Waals surface area contributed by atoms with Crippen LogP contribution < -0.4 is 5.32 Å². The lowest BCUT2D eigenvalue weighted by molar-refractivity contribution is 0.0542. The Morgan fingerprint density at radius 2 is 1.67 bits per heavy atom. The second-order valence-corrected chi connectivity index (χ2v) is 8.17. The van der Waals surface area contributed by atoms with E-state index in [1.54, 1.807) is 17.0 Å². The number of aromatic nitrogens is 2. The molecular formula is C19H22Cl2N4O2. The number of halogens is 2. The van der Waals surface area contributed by atoms with Crippen LogP contribution in [0.25, 0.3) is 10.8 Å². The van der Waals surface area contributed by atoms with Crippen molar-refractivity contribution in [1.82, 2.24) is 15.1 Å². The van der Waals surface area contributed by atoms with Crippen LogP contribution in [0.15, 0.2) is 12.1 Å². The lowest BCUT2D eigenvalue weighted by Gasteiger charge is -2.29. The Balaban J connectivity index is 1.72. The molecule has 4 rings (SSSR count). The van der Waals surface area contributed by atoms with Crippen molar-refractivity contribution in [3.63, 3.8) is 0 Å². The molecule has 8 heteroatoms. The quantitative estimate of drug-likeness (QED) is 0.804. The number of piperidine rings is 1. The van der Waals surface area contributed by atoms with Crippen LogP contribution in [0.1, 0.15) is 49.0 Å². The van der Waals surface area contributed by atoms with Crippen molar-refractivity contribution in [3.05, 3.63) is 27.9 Å². The first-order valence-electron chi connectivity index (χ1n) is 9.42. The average molecular weight is 409 g/mol. The minimum atomic E-state index is -0.344. The van der Waals surface area contributed by atoms with E-state index in [9.17, 15) is 9.90 Å². The average Bonchev–Trinajstić information content (AvgIpc) is 3.16. The molecule has 0 bridgehead atoms. The number of hydrogen-bond donors (Lipinski definition) is 2. The van der Waals surface area contributed by atoms with E-state index < -0.39 is 0 Å². The lowest BCUT2D eigenvalue weighted by Crippen LogP contribution is -2.40. The van der Waals surface area contributed by atoms with Gasteiger partial charge in [-0.2, -0.15) is 0 Å². The monoisotopic (exact) mass is 408 g/mol. The molecule has 0 spiro atoms. The van der Waals surface area contributed by atoms with E-state index in [1.165, 1.54) is 12.8 Å². The Bertz CT molecular complexity index is 862. The van der Waals surface area contributed by atoms with Gasteiger partial charge in [0.05, 0.1) is 16.1 Å². The summed E-state index contributed by atoms with van der Waals surface area (Å²) in [4.78, 5) is 14.7. The fourth-order valence-electron chi connectivity index (χ4n) is 3.89. The molecule has 1 aromatic heterocycles. The summed E-state index contributed by atoms with van der Waals surface area (Å²) >= 11 is 12.5. The Labute approximate surface area is 167 Å². The highest BCUT2D eigenvalue weighted by atomic mass is 35.5. The predicted molar refractivity (Wildman–Crippen MR) is 107 cm³/mol. The van der Waals surface area contributed by atoms with Gasteiger partial charge in [0.15, 0.2) is 11.5 Å². The van der Waals surface area contributed by atoms with Gasteiger partial charge in [-0.25, -0.2) is 0 Å². The van der Waals surface area contributed by atoms with Crippen molar-refractivity contribution in [2.75, 3.05) is 18.4 Å². The van der Waals surface area contributed by atoms with Gasteiger partial charge < -0.3 is 15.3 Å². The highest BCUT2D eigenvalue weighted by Crippen LogP contribution is 2.34. The molecule has 1 amide bonds. The maximum atomic E-state index is 13.0. The number of rotatable bonds is 3. The molecule has 6 nitrogen and oxygen atoms in total. The van der Waals surface area contributed by atoms with E-state index in [0.29, 0.717) is 53.2 Å². The van der Waals surface area contributed by atoms with E-state index in [0.717, 1.165) is 18.2 Å². The van der Waals surface area contributed by atoms with Gasteiger partial charge >= 0.3 is 0 Å². The Kier molecular flexibility index (Phi) is 5.39. The smallest absolute Gasteiger partial charge is 0.275 e. The number of aliphatic hydroxyl groups excluding tert-OH is 1. The fourth-order valence-corrected chi connectivity index (χ4v) is 4.22. The number of anilines is 1. The zero-order chi connectivity index (χ0) is 19.0. The van der Waals surface area contributed by atoms with Crippen molar-refractivity contribution < 1.29 is 9.90 Å². The highest BCUT2D eigenvalue weighted by Gasteiger charge is 2.26. The SMILES string of the molecule is O=C(c1nnc(NC2CCCC2)c2cc(Cl)c(Cl)cc12)N1CCC(O)CC1. The summed E-state index contributed by atoms with van der Waals surface area (Å²) < 4.78 is 0. The number of carbonyl (C=O) groups is 1. The normalized spacial score (nSPS) is 19.0. The van der Waals surface area contributed by atoms with Gasteiger partial charge in [-0.05, 0) is 37.8 Å². The summed E-state index contributed by atoms with van der Waals surface area (Å²) in [6.07, 6.45) is 5.40. The molecule has 2 N–H and O–H groups in total. The van der Waals surface area contributed by atoms with Crippen molar-refractivity contribution >= 4 is 45.7 Å². The van der Waals surface area contributed by atoms with Crippen molar-refractivity contribution in [3.8, 4) is 0 Å². The van der Waals surface area contributed by atoms with Crippen LogP contribution in [0.4, 0.5) is 5.82 Å². The van der Waals surface area contributed by atoms with Crippen LogP contribution in [-0.4, -0.2) is 51.3 Å². The number of amides is 1. The number of fused-ring (bicyclic) bond motifs is 1. The number of nitrogens with one attached hydrogen (secondary N) is 1. The Hall–Kier alpha value is -1.63. The maximum Gasteiger partial charge on any atom is 0.275 e. The first-order chi connectivity index (χ1) is 13.0. The zero-order valence-corrected chi connectivity index (χ0v) is 16.4. The van der Waals surface area contributed by atoms with Crippen molar-refractivity contribution in [1.29, 1.82) is 0 Å². The number of benzene rings is 1. The molecule has 0 atom stereocenters. The minimum absolute atomic E-state index is 0.190.